The van der Waals surface area contributed by atoms with Gasteiger partial charge in [0, 0.05) is 15.5 Å². The van der Waals surface area contributed by atoms with Crippen molar-refractivity contribution in [3.63, 3.8) is 0 Å². The number of benzene rings is 3. The van der Waals surface area contributed by atoms with Crippen LogP contribution in [0.3, 0.4) is 0 Å². The van der Waals surface area contributed by atoms with E-state index in [4.69, 9.17) is 0 Å². The lowest BCUT2D eigenvalue weighted by atomic mass is 10.1. The summed E-state index contributed by atoms with van der Waals surface area (Å²) in [6.45, 7) is 2.88. The number of rotatable bonds is 3. The van der Waals surface area contributed by atoms with E-state index in [9.17, 15) is 0 Å². The second-order valence-electron chi connectivity index (χ2n) is 5.14. The molecule has 0 unspecified atom stereocenters. The van der Waals surface area contributed by atoms with E-state index in [2.05, 4.69) is 98.7 Å². The molecule has 0 amide bonds. The molecule has 1 N–H and O–H groups in total. The lowest BCUT2D eigenvalue weighted by molar-refractivity contribution is 1.14. The number of anilines is 1. The highest BCUT2D eigenvalue weighted by atomic mass is 79.9. The van der Waals surface area contributed by atoms with Crippen LogP contribution >= 0.6 is 31.9 Å². The van der Waals surface area contributed by atoms with Gasteiger partial charge in [0.2, 0.25) is 0 Å². The third-order valence-electron chi connectivity index (χ3n) is 3.47. The molecule has 106 valence electrons. The van der Waals surface area contributed by atoms with Gasteiger partial charge in [0.25, 0.3) is 0 Å². The van der Waals surface area contributed by atoms with Crippen LogP contribution in [0.4, 0.5) is 5.69 Å². The number of fused-ring (bicyclic) bond motifs is 1. The van der Waals surface area contributed by atoms with Gasteiger partial charge in [-0.05, 0) is 78.9 Å². The molecule has 0 aromatic heterocycles. The van der Waals surface area contributed by atoms with Crippen molar-refractivity contribution in [3.8, 4) is 0 Å². The molecule has 21 heavy (non-hydrogen) atoms. The summed E-state index contributed by atoms with van der Waals surface area (Å²) >= 11 is 7.24. The van der Waals surface area contributed by atoms with E-state index < -0.39 is 0 Å². The fraction of sp³-hybridized carbons (Fsp3) is 0.111. The smallest absolute Gasteiger partial charge is 0.0631 e. The van der Waals surface area contributed by atoms with Crippen LogP contribution in [-0.2, 0) is 6.54 Å². The van der Waals surface area contributed by atoms with Gasteiger partial charge in [-0.3, -0.25) is 0 Å². The molecule has 0 bridgehead atoms. The van der Waals surface area contributed by atoms with Crippen molar-refractivity contribution in [2.24, 2.45) is 0 Å². The molecular formula is C18H15Br2N. The fourth-order valence-electron chi connectivity index (χ4n) is 2.41. The van der Waals surface area contributed by atoms with Crippen LogP contribution in [-0.4, -0.2) is 0 Å². The molecule has 3 rings (SSSR count). The van der Waals surface area contributed by atoms with Crippen LogP contribution in [0.25, 0.3) is 10.8 Å². The van der Waals surface area contributed by atoms with Crippen molar-refractivity contribution in [2.75, 3.05) is 5.32 Å². The van der Waals surface area contributed by atoms with E-state index in [1.165, 1.54) is 21.9 Å². The van der Waals surface area contributed by atoms with Gasteiger partial charge in [-0.25, -0.2) is 0 Å². The zero-order valence-electron chi connectivity index (χ0n) is 11.7. The average molecular weight is 405 g/mol. The van der Waals surface area contributed by atoms with Crippen molar-refractivity contribution in [2.45, 2.75) is 13.5 Å². The van der Waals surface area contributed by atoms with Crippen LogP contribution in [0.1, 0.15) is 11.1 Å². The Morgan fingerprint density at radius 3 is 2.24 bits per heavy atom. The molecule has 0 fully saturated rings. The maximum Gasteiger partial charge on any atom is 0.0631 e. The molecular weight excluding hydrogens is 390 g/mol. The first kappa shape index (κ1) is 14.6. The molecule has 0 spiro atoms. The molecule has 0 saturated carbocycles. The molecule has 0 saturated heterocycles. The van der Waals surface area contributed by atoms with Gasteiger partial charge in [-0.1, -0.05) is 36.4 Å². The summed E-state index contributed by atoms with van der Waals surface area (Å²) in [6, 6.07) is 19.2. The van der Waals surface area contributed by atoms with Crippen molar-refractivity contribution < 1.29 is 0 Å². The van der Waals surface area contributed by atoms with Crippen molar-refractivity contribution in [1.82, 2.24) is 0 Å². The van der Waals surface area contributed by atoms with Gasteiger partial charge < -0.3 is 5.32 Å². The van der Waals surface area contributed by atoms with E-state index in [1.54, 1.807) is 0 Å². The van der Waals surface area contributed by atoms with Crippen LogP contribution in [0.15, 0.2) is 63.5 Å². The minimum Gasteiger partial charge on any atom is -0.379 e. The second-order valence-corrected chi connectivity index (χ2v) is 6.85. The summed E-state index contributed by atoms with van der Waals surface area (Å²) < 4.78 is 2.16. The quantitative estimate of drug-likeness (QED) is 0.541. The Hall–Kier alpha value is -1.32. The number of halogens is 2. The Morgan fingerprint density at radius 1 is 0.857 bits per heavy atom. The molecule has 3 aromatic carbocycles. The monoisotopic (exact) mass is 403 g/mol. The van der Waals surface area contributed by atoms with Gasteiger partial charge in [0.05, 0.1) is 5.69 Å². The molecule has 1 nitrogen and oxygen atoms in total. The Labute approximate surface area is 141 Å². The number of nitrogens with one attached hydrogen (secondary N) is 1. The fourth-order valence-corrected chi connectivity index (χ4v) is 4.10. The third-order valence-corrected chi connectivity index (χ3v) is 4.72. The number of hydrogen-bond acceptors (Lipinski definition) is 1. The molecule has 0 atom stereocenters. The summed E-state index contributed by atoms with van der Waals surface area (Å²) in [5, 5.41) is 6.05. The summed E-state index contributed by atoms with van der Waals surface area (Å²) in [5.74, 6) is 0. The molecule has 3 heteroatoms. The van der Waals surface area contributed by atoms with Crippen LogP contribution in [0, 0.1) is 6.92 Å². The lowest BCUT2D eigenvalue weighted by Gasteiger charge is -2.12. The van der Waals surface area contributed by atoms with Gasteiger partial charge in [-0.2, -0.15) is 0 Å². The predicted molar refractivity (Wildman–Crippen MR) is 97.9 cm³/mol. The van der Waals surface area contributed by atoms with Gasteiger partial charge >= 0.3 is 0 Å². The van der Waals surface area contributed by atoms with Crippen molar-refractivity contribution in [3.05, 3.63) is 74.7 Å². The SMILES string of the molecule is Cc1cc(Br)c(NCc2ccc3ccccc3c2)c(Br)c1. The first-order valence-corrected chi connectivity index (χ1v) is 8.39. The first-order valence-electron chi connectivity index (χ1n) is 6.81. The van der Waals surface area contributed by atoms with E-state index in [0.717, 1.165) is 21.2 Å². The number of hydrogen-bond donors (Lipinski definition) is 1. The summed E-state index contributed by atoms with van der Waals surface area (Å²) in [7, 11) is 0. The standard InChI is InChI=1S/C18H15Br2N/c1-12-8-16(19)18(17(20)9-12)21-11-13-6-7-14-4-2-3-5-15(14)10-13/h2-10,21H,11H2,1H3. The summed E-state index contributed by atoms with van der Waals surface area (Å²) in [6.07, 6.45) is 0. The normalized spacial score (nSPS) is 10.8. The Kier molecular flexibility index (Phi) is 4.32. The van der Waals surface area contributed by atoms with Gasteiger partial charge in [0.1, 0.15) is 0 Å². The topological polar surface area (TPSA) is 12.0 Å². The second kappa shape index (κ2) is 6.20. The highest BCUT2D eigenvalue weighted by Gasteiger charge is 2.06. The van der Waals surface area contributed by atoms with Crippen LogP contribution < -0.4 is 5.32 Å². The molecule has 0 aliphatic heterocycles. The molecule has 0 radical (unpaired) electrons. The molecule has 0 heterocycles. The Balaban J connectivity index is 1.83. The maximum atomic E-state index is 3.62. The zero-order valence-corrected chi connectivity index (χ0v) is 14.8. The van der Waals surface area contributed by atoms with E-state index in [0.29, 0.717) is 0 Å². The highest BCUT2D eigenvalue weighted by molar-refractivity contribution is 9.11. The van der Waals surface area contributed by atoms with E-state index in [1.807, 2.05) is 0 Å². The van der Waals surface area contributed by atoms with Crippen molar-refractivity contribution >= 4 is 48.3 Å². The third kappa shape index (κ3) is 3.30. The van der Waals surface area contributed by atoms with Gasteiger partial charge in [0.15, 0.2) is 0 Å². The highest BCUT2D eigenvalue weighted by Crippen LogP contribution is 2.32. The van der Waals surface area contributed by atoms with Crippen molar-refractivity contribution in [1.29, 1.82) is 0 Å². The largest absolute Gasteiger partial charge is 0.379 e. The summed E-state index contributed by atoms with van der Waals surface area (Å²) in [4.78, 5) is 0. The Bertz CT molecular complexity index is 773. The minimum absolute atomic E-state index is 0.797. The zero-order chi connectivity index (χ0) is 14.8. The van der Waals surface area contributed by atoms with E-state index in [-0.39, 0.29) is 0 Å². The summed E-state index contributed by atoms with van der Waals surface area (Å²) in [5.41, 5.74) is 3.59. The van der Waals surface area contributed by atoms with Gasteiger partial charge in [-0.15, -0.1) is 0 Å². The van der Waals surface area contributed by atoms with Crippen LogP contribution in [0.5, 0.6) is 0 Å². The first-order chi connectivity index (χ1) is 10.1. The van der Waals surface area contributed by atoms with Crippen LogP contribution in [0.2, 0.25) is 0 Å². The lowest BCUT2D eigenvalue weighted by Crippen LogP contribution is -2.01. The molecule has 0 aliphatic rings. The molecule has 0 aliphatic carbocycles. The molecule has 3 aromatic rings. The number of aryl methyl sites for hydroxylation is 1. The maximum absolute atomic E-state index is 3.62. The minimum atomic E-state index is 0.797. The van der Waals surface area contributed by atoms with E-state index >= 15 is 0 Å². The Morgan fingerprint density at radius 2 is 1.52 bits per heavy atom. The average Bonchev–Trinajstić information content (AvgIpc) is 2.46. The predicted octanol–water partition coefficient (Wildman–Crippen LogP) is 6.29.